The smallest absolute Gasteiger partial charge is 0.231 e. The molecule has 0 bridgehead atoms. The molecule has 1 N–H and O–H groups in total. The first-order valence-corrected chi connectivity index (χ1v) is 7.87. The molecule has 1 aromatic rings. The van der Waals surface area contributed by atoms with Crippen LogP contribution in [0.25, 0.3) is 0 Å². The van der Waals surface area contributed by atoms with Crippen LogP contribution in [0.15, 0.2) is 24.3 Å². The molecule has 0 unspecified atom stereocenters. The summed E-state index contributed by atoms with van der Waals surface area (Å²) in [4.78, 5) is 15.1. The predicted octanol–water partition coefficient (Wildman–Crippen LogP) is 2.67. The lowest BCUT2D eigenvalue weighted by Crippen LogP contribution is -2.50. The van der Waals surface area contributed by atoms with Crippen molar-refractivity contribution in [3.05, 3.63) is 29.8 Å². The highest BCUT2D eigenvalue weighted by Gasteiger charge is 2.44. The van der Waals surface area contributed by atoms with E-state index in [4.69, 9.17) is 0 Å². The van der Waals surface area contributed by atoms with Crippen LogP contribution >= 0.6 is 0 Å². The second-order valence-corrected chi connectivity index (χ2v) is 6.81. The van der Waals surface area contributed by atoms with Gasteiger partial charge < -0.3 is 10.2 Å². The molecule has 0 aromatic heterocycles. The minimum Gasteiger partial charge on any atom is -0.325 e. The third kappa shape index (κ3) is 2.14. The number of para-hydroxylation sites is 1. The average molecular weight is 270 g/mol. The molecule has 3 heteroatoms. The van der Waals surface area contributed by atoms with Gasteiger partial charge in [0, 0.05) is 12.2 Å². The number of anilines is 1. The van der Waals surface area contributed by atoms with Gasteiger partial charge in [0.05, 0.1) is 5.41 Å². The Balaban J connectivity index is 1.49. The van der Waals surface area contributed by atoms with E-state index in [2.05, 4.69) is 22.3 Å². The van der Waals surface area contributed by atoms with Gasteiger partial charge in [-0.25, -0.2) is 0 Å². The van der Waals surface area contributed by atoms with Crippen LogP contribution in [0.1, 0.15) is 31.2 Å². The van der Waals surface area contributed by atoms with Crippen molar-refractivity contribution in [1.82, 2.24) is 4.90 Å². The second kappa shape index (κ2) is 4.59. The van der Waals surface area contributed by atoms with E-state index < -0.39 is 0 Å². The molecule has 1 amide bonds. The number of rotatable bonds is 2. The van der Waals surface area contributed by atoms with Crippen molar-refractivity contribution in [3.8, 4) is 0 Å². The van der Waals surface area contributed by atoms with E-state index >= 15 is 0 Å². The molecule has 2 heterocycles. The summed E-state index contributed by atoms with van der Waals surface area (Å²) in [5, 5.41) is 3.13. The Morgan fingerprint density at radius 3 is 2.70 bits per heavy atom. The number of amides is 1. The number of carbonyl (C=O) groups is 1. The van der Waals surface area contributed by atoms with Gasteiger partial charge in [0.25, 0.3) is 0 Å². The summed E-state index contributed by atoms with van der Waals surface area (Å²) in [5.41, 5.74) is 2.18. The van der Waals surface area contributed by atoms with Crippen LogP contribution in [0.4, 0.5) is 5.69 Å². The van der Waals surface area contributed by atoms with Gasteiger partial charge >= 0.3 is 0 Å². The van der Waals surface area contributed by atoms with E-state index in [-0.39, 0.29) is 11.3 Å². The first kappa shape index (κ1) is 12.4. The zero-order valence-corrected chi connectivity index (χ0v) is 11.9. The Bertz CT molecular complexity index is 528. The summed E-state index contributed by atoms with van der Waals surface area (Å²) in [6.45, 7) is 3.44. The van der Waals surface area contributed by atoms with Crippen molar-refractivity contribution < 1.29 is 4.79 Å². The van der Waals surface area contributed by atoms with Crippen LogP contribution in [0.2, 0.25) is 0 Å². The molecule has 4 rings (SSSR count). The number of benzene rings is 1. The summed E-state index contributed by atoms with van der Waals surface area (Å²) in [5.74, 6) is 1.20. The number of fused-ring (bicyclic) bond motifs is 1. The van der Waals surface area contributed by atoms with Gasteiger partial charge in [0.1, 0.15) is 0 Å². The van der Waals surface area contributed by atoms with Gasteiger partial charge in [0.2, 0.25) is 5.91 Å². The topological polar surface area (TPSA) is 32.3 Å². The van der Waals surface area contributed by atoms with Crippen molar-refractivity contribution in [2.45, 2.75) is 32.1 Å². The normalized spacial score (nSPS) is 25.3. The quantitative estimate of drug-likeness (QED) is 0.896. The maximum absolute atomic E-state index is 12.5. The largest absolute Gasteiger partial charge is 0.325 e. The number of nitrogens with zero attached hydrogens (tertiary/aromatic N) is 1. The molecule has 3 aliphatic rings. The van der Waals surface area contributed by atoms with Gasteiger partial charge in [-0.05, 0) is 62.7 Å². The fourth-order valence-corrected chi connectivity index (χ4v) is 3.73. The number of likely N-dealkylation sites (tertiary alicyclic amines) is 1. The second-order valence-electron chi connectivity index (χ2n) is 6.81. The summed E-state index contributed by atoms with van der Waals surface area (Å²) < 4.78 is 0. The molecule has 20 heavy (non-hydrogen) atoms. The molecule has 0 radical (unpaired) electrons. The Morgan fingerprint density at radius 1 is 1.20 bits per heavy atom. The molecule has 1 aliphatic carbocycles. The standard InChI is InChI=1S/C17H22N2O/c20-16-17(11-14-3-1-2-4-15(14)18-16)7-9-19(10-8-17)12-13-5-6-13/h1-4,13H,5-12H2,(H,18,20). The highest BCUT2D eigenvalue weighted by atomic mass is 16.2. The zero-order chi connectivity index (χ0) is 13.6. The average Bonchev–Trinajstić information content (AvgIpc) is 3.27. The van der Waals surface area contributed by atoms with Crippen LogP contribution in [-0.2, 0) is 11.2 Å². The van der Waals surface area contributed by atoms with Crippen LogP contribution in [0.5, 0.6) is 0 Å². The van der Waals surface area contributed by atoms with Crippen molar-refractivity contribution >= 4 is 11.6 Å². The lowest BCUT2D eigenvalue weighted by molar-refractivity contribution is -0.129. The minimum absolute atomic E-state index is 0.144. The molecule has 1 aromatic carbocycles. The molecule has 2 fully saturated rings. The summed E-state index contributed by atoms with van der Waals surface area (Å²) >= 11 is 0. The molecule has 1 spiro atoms. The number of nitrogens with one attached hydrogen (secondary N) is 1. The number of piperidine rings is 1. The van der Waals surface area contributed by atoms with Crippen molar-refractivity contribution in [2.24, 2.45) is 11.3 Å². The van der Waals surface area contributed by atoms with Gasteiger partial charge in [-0.15, -0.1) is 0 Å². The highest BCUT2D eigenvalue weighted by molar-refractivity contribution is 5.98. The van der Waals surface area contributed by atoms with Crippen molar-refractivity contribution in [1.29, 1.82) is 0 Å². The Hall–Kier alpha value is -1.35. The van der Waals surface area contributed by atoms with Crippen LogP contribution in [0, 0.1) is 11.3 Å². The fourth-order valence-electron chi connectivity index (χ4n) is 3.73. The number of hydrogen-bond acceptors (Lipinski definition) is 2. The number of carbonyl (C=O) groups excluding carboxylic acids is 1. The van der Waals surface area contributed by atoms with Gasteiger partial charge in [-0.3, -0.25) is 4.79 Å². The van der Waals surface area contributed by atoms with E-state index in [1.165, 1.54) is 24.9 Å². The fraction of sp³-hybridized carbons (Fsp3) is 0.588. The predicted molar refractivity (Wildman–Crippen MR) is 79.6 cm³/mol. The minimum atomic E-state index is -0.144. The third-order valence-corrected chi connectivity index (χ3v) is 5.30. The molecule has 2 aliphatic heterocycles. The van der Waals surface area contributed by atoms with E-state index in [0.717, 1.165) is 44.0 Å². The molecule has 3 nitrogen and oxygen atoms in total. The van der Waals surface area contributed by atoms with Crippen LogP contribution in [0.3, 0.4) is 0 Å². The van der Waals surface area contributed by atoms with Crippen molar-refractivity contribution in [2.75, 3.05) is 25.0 Å². The molecular formula is C17H22N2O. The maximum atomic E-state index is 12.5. The lowest BCUT2D eigenvalue weighted by atomic mass is 9.71. The van der Waals surface area contributed by atoms with Gasteiger partial charge in [-0.1, -0.05) is 18.2 Å². The summed E-state index contributed by atoms with van der Waals surface area (Å²) in [7, 11) is 0. The molecule has 106 valence electrons. The molecular weight excluding hydrogens is 248 g/mol. The molecule has 0 atom stereocenters. The van der Waals surface area contributed by atoms with Gasteiger partial charge in [-0.2, -0.15) is 0 Å². The Kier molecular flexibility index (Phi) is 2.84. The Labute approximate surface area is 120 Å². The van der Waals surface area contributed by atoms with E-state index in [0.29, 0.717) is 0 Å². The monoisotopic (exact) mass is 270 g/mol. The maximum Gasteiger partial charge on any atom is 0.231 e. The molecule has 1 saturated carbocycles. The SMILES string of the molecule is O=C1Nc2ccccc2CC12CCN(CC1CC1)CC2. The van der Waals surface area contributed by atoms with Crippen LogP contribution in [-0.4, -0.2) is 30.4 Å². The van der Waals surface area contributed by atoms with E-state index in [1.807, 2.05) is 12.1 Å². The lowest BCUT2D eigenvalue weighted by Gasteiger charge is -2.43. The first-order chi connectivity index (χ1) is 9.75. The van der Waals surface area contributed by atoms with E-state index in [1.54, 1.807) is 0 Å². The zero-order valence-electron chi connectivity index (χ0n) is 11.9. The summed E-state index contributed by atoms with van der Waals surface area (Å²) in [6, 6.07) is 8.25. The summed E-state index contributed by atoms with van der Waals surface area (Å²) in [6.07, 6.45) is 5.77. The van der Waals surface area contributed by atoms with Gasteiger partial charge in [0.15, 0.2) is 0 Å². The first-order valence-electron chi connectivity index (χ1n) is 7.87. The third-order valence-electron chi connectivity index (χ3n) is 5.30. The van der Waals surface area contributed by atoms with E-state index in [9.17, 15) is 4.79 Å². The van der Waals surface area contributed by atoms with Crippen LogP contribution < -0.4 is 5.32 Å². The Morgan fingerprint density at radius 2 is 1.95 bits per heavy atom. The van der Waals surface area contributed by atoms with Crippen molar-refractivity contribution in [3.63, 3.8) is 0 Å². The number of hydrogen-bond donors (Lipinski definition) is 1. The highest BCUT2D eigenvalue weighted by Crippen LogP contribution is 2.42. The molecule has 1 saturated heterocycles.